The molecule has 1 aliphatic rings. The van der Waals surface area contributed by atoms with Crippen LogP contribution in [-0.4, -0.2) is 25.2 Å². The Morgan fingerprint density at radius 2 is 2.04 bits per heavy atom. The Hall–Kier alpha value is -2.11. The lowest BCUT2D eigenvalue weighted by molar-refractivity contribution is -0.124. The van der Waals surface area contributed by atoms with Gasteiger partial charge in [-0.15, -0.1) is 0 Å². The number of carbonyl (C=O) groups excluding carboxylic acids is 1. The quantitative estimate of drug-likeness (QED) is 0.770. The number of fused-ring (bicyclic) bond motifs is 1. The van der Waals surface area contributed by atoms with Crippen molar-refractivity contribution in [1.29, 1.82) is 0 Å². The van der Waals surface area contributed by atoms with Crippen LogP contribution in [0.2, 0.25) is 10.0 Å². The van der Waals surface area contributed by atoms with Crippen LogP contribution in [0, 0.1) is 0 Å². The minimum Gasteiger partial charge on any atom is -0.497 e. The van der Waals surface area contributed by atoms with Gasteiger partial charge in [-0.1, -0.05) is 23.2 Å². The highest BCUT2D eigenvalue weighted by Gasteiger charge is 2.34. The van der Waals surface area contributed by atoms with Gasteiger partial charge in [-0.3, -0.25) is 4.79 Å². The molecule has 2 aromatic carbocycles. The second-order valence-corrected chi connectivity index (χ2v) is 7.80. The lowest BCUT2D eigenvalue weighted by Crippen LogP contribution is -2.42. The summed E-state index contributed by atoms with van der Waals surface area (Å²) in [5, 5.41) is 3.88. The topological polar surface area (TPSA) is 56.8 Å². The van der Waals surface area contributed by atoms with E-state index in [0.717, 1.165) is 11.3 Å². The number of methoxy groups -OCH3 is 1. The summed E-state index contributed by atoms with van der Waals surface area (Å²) >= 11 is 11.9. The van der Waals surface area contributed by atoms with Crippen molar-refractivity contribution in [2.24, 2.45) is 0 Å². The van der Waals surface area contributed by atoms with Crippen molar-refractivity contribution >= 4 is 29.1 Å². The third kappa shape index (κ3) is 4.79. The molecule has 1 N–H and O–H groups in total. The van der Waals surface area contributed by atoms with E-state index in [-0.39, 0.29) is 18.6 Å². The van der Waals surface area contributed by atoms with Gasteiger partial charge in [0.2, 0.25) is 0 Å². The average molecular weight is 410 g/mol. The number of hydrogen-bond donors (Lipinski definition) is 1. The molecule has 0 spiro atoms. The molecule has 0 aliphatic carbocycles. The molecule has 1 aliphatic heterocycles. The van der Waals surface area contributed by atoms with Gasteiger partial charge >= 0.3 is 0 Å². The number of rotatable bonds is 5. The van der Waals surface area contributed by atoms with E-state index in [1.165, 1.54) is 0 Å². The SMILES string of the molecule is COc1ccc2c(c1)C(NC(=O)COc1ccc(Cl)cc1Cl)CC(C)(C)O2. The predicted molar refractivity (Wildman–Crippen MR) is 105 cm³/mol. The number of ether oxygens (including phenoxy) is 3. The summed E-state index contributed by atoms with van der Waals surface area (Å²) in [5.41, 5.74) is 0.478. The summed E-state index contributed by atoms with van der Waals surface area (Å²) in [5.74, 6) is 1.60. The lowest BCUT2D eigenvalue weighted by Gasteiger charge is -2.38. The Bertz CT molecular complexity index is 854. The molecule has 1 amide bonds. The molecule has 7 heteroatoms. The molecule has 27 heavy (non-hydrogen) atoms. The van der Waals surface area contributed by atoms with Gasteiger partial charge in [0.05, 0.1) is 18.2 Å². The largest absolute Gasteiger partial charge is 0.497 e. The van der Waals surface area contributed by atoms with E-state index in [1.54, 1.807) is 25.3 Å². The van der Waals surface area contributed by atoms with E-state index in [2.05, 4.69) is 5.32 Å². The van der Waals surface area contributed by atoms with E-state index in [4.69, 9.17) is 37.4 Å². The zero-order valence-electron chi connectivity index (χ0n) is 15.3. The molecule has 0 bridgehead atoms. The van der Waals surface area contributed by atoms with Crippen LogP contribution in [-0.2, 0) is 4.79 Å². The molecule has 144 valence electrons. The highest BCUT2D eigenvalue weighted by molar-refractivity contribution is 6.35. The van der Waals surface area contributed by atoms with E-state index in [0.29, 0.717) is 28.0 Å². The molecule has 0 saturated heterocycles. The molecule has 2 aromatic rings. The third-order valence-corrected chi connectivity index (χ3v) is 4.79. The van der Waals surface area contributed by atoms with E-state index in [1.807, 2.05) is 32.0 Å². The van der Waals surface area contributed by atoms with Crippen molar-refractivity contribution in [3.63, 3.8) is 0 Å². The lowest BCUT2D eigenvalue weighted by atomic mass is 9.89. The molecule has 0 aromatic heterocycles. The van der Waals surface area contributed by atoms with Crippen molar-refractivity contribution in [2.45, 2.75) is 31.9 Å². The molecule has 1 unspecified atom stereocenters. The Morgan fingerprint density at radius 3 is 2.74 bits per heavy atom. The van der Waals surface area contributed by atoms with Gasteiger partial charge < -0.3 is 19.5 Å². The molecule has 1 atom stereocenters. The highest BCUT2D eigenvalue weighted by atomic mass is 35.5. The smallest absolute Gasteiger partial charge is 0.258 e. The fraction of sp³-hybridized carbons (Fsp3) is 0.350. The number of hydrogen-bond acceptors (Lipinski definition) is 4. The van der Waals surface area contributed by atoms with Crippen LogP contribution < -0.4 is 19.5 Å². The number of carbonyl (C=O) groups is 1. The van der Waals surface area contributed by atoms with Crippen LogP contribution in [0.25, 0.3) is 0 Å². The molecule has 5 nitrogen and oxygen atoms in total. The first-order valence-electron chi connectivity index (χ1n) is 8.51. The second kappa shape index (κ2) is 7.87. The molecular weight excluding hydrogens is 389 g/mol. The Morgan fingerprint density at radius 1 is 1.26 bits per heavy atom. The van der Waals surface area contributed by atoms with Crippen LogP contribution >= 0.6 is 23.2 Å². The van der Waals surface area contributed by atoms with Gasteiger partial charge in [-0.25, -0.2) is 0 Å². The third-order valence-electron chi connectivity index (χ3n) is 4.26. The van der Waals surface area contributed by atoms with Crippen LogP contribution in [0.3, 0.4) is 0 Å². The van der Waals surface area contributed by atoms with Crippen molar-refractivity contribution in [3.05, 3.63) is 52.0 Å². The zero-order valence-corrected chi connectivity index (χ0v) is 16.9. The first kappa shape index (κ1) is 19.6. The summed E-state index contributed by atoms with van der Waals surface area (Å²) in [4.78, 5) is 12.5. The predicted octanol–water partition coefficient (Wildman–Crippen LogP) is 4.80. The van der Waals surface area contributed by atoms with Crippen LogP contribution in [0.4, 0.5) is 0 Å². The fourth-order valence-electron chi connectivity index (χ4n) is 3.06. The van der Waals surface area contributed by atoms with Gasteiger partial charge in [0.1, 0.15) is 22.8 Å². The van der Waals surface area contributed by atoms with E-state index >= 15 is 0 Å². The molecule has 1 heterocycles. The molecule has 0 fully saturated rings. The van der Waals surface area contributed by atoms with Crippen molar-refractivity contribution in [3.8, 4) is 17.2 Å². The minimum absolute atomic E-state index is 0.154. The normalized spacial score (nSPS) is 17.4. The van der Waals surface area contributed by atoms with Gasteiger partial charge in [-0.05, 0) is 50.2 Å². The van der Waals surface area contributed by atoms with Crippen molar-refractivity contribution in [1.82, 2.24) is 5.32 Å². The fourth-order valence-corrected chi connectivity index (χ4v) is 3.52. The Balaban J connectivity index is 1.71. The van der Waals surface area contributed by atoms with Gasteiger partial charge in [0.25, 0.3) is 5.91 Å². The number of amides is 1. The van der Waals surface area contributed by atoms with E-state index < -0.39 is 5.60 Å². The maximum atomic E-state index is 12.5. The van der Waals surface area contributed by atoms with Gasteiger partial charge in [-0.2, -0.15) is 0 Å². The molecule has 3 rings (SSSR count). The second-order valence-electron chi connectivity index (χ2n) is 6.95. The van der Waals surface area contributed by atoms with Crippen molar-refractivity contribution < 1.29 is 19.0 Å². The molecule has 0 saturated carbocycles. The minimum atomic E-state index is -0.403. The van der Waals surface area contributed by atoms with Crippen molar-refractivity contribution in [2.75, 3.05) is 13.7 Å². The van der Waals surface area contributed by atoms with E-state index in [9.17, 15) is 4.79 Å². The summed E-state index contributed by atoms with van der Waals surface area (Å²) < 4.78 is 16.8. The number of benzene rings is 2. The Kier molecular flexibility index (Phi) is 5.72. The maximum Gasteiger partial charge on any atom is 0.258 e. The summed E-state index contributed by atoms with van der Waals surface area (Å²) in [6.07, 6.45) is 0.626. The monoisotopic (exact) mass is 409 g/mol. The molecular formula is C20H21Cl2NO4. The average Bonchev–Trinajstić information content (AvgIpc) is 2.60. The highest BCUT2D eigenvalue weighted by Crippen LogP contribution is 2.41. The molecule has 0 radical (unpaired) electrons. The first-order chi connectivity index (χ1) is 12.8. The zero-order chi connectivity index (χ0) is 19.6. The van der Waals surface area contributed by atoms with Crippen LogP contribution in [0.5, 0.6) is 17.2 Å². The van der Waals surface area contributed by atoms with Crippen LogP contribution in [0.1, 0.15) is 31.9 Å². The van der Waals surface area contributed by atoms with Crippen LogP contribution in [0.15, 0.2) is 36.4 Å². The number of nitrogens with one attached hydrogen (secondary N) is 1. The standard InChI is InChI=1S/C20H21Cl2NO4/c1-20(2)10-16(14-9-13(25-3)5-7-17(14)27-20)23-19(24)11-26-18-6-4-12(21)8-15(18)22/h4-9,16H,10-11H2,1-3H3,(H,23,24). The first-order valence-corrected chi connectivity index (χ1v) is 9.27. The summed E-state index contributed by atoms with van der Waals surface area (Å²) in [7, 11) is 1.60. The maximum absolute atomic E-state index is 12.5. The van der Waals surface area contributed by atoms with Gasteiger partial charge in [0.15, 0.2) is 6.61 Å². The summed E-state index contributed by atoms with van der Waals surface area (Å²) in [6, 6.07) is 10.2. The Labute approximate surface area is 168 Å². The van der Waals surface area contributed by atoms with Gasteiger partial charge in [0, 0.05) is 17.0 Å². The number of halogens is 2. The summed E-state index contributed by atoms with van der Waals surface area (Å²) in [6.45, 7) is 3.82.